The molecule has 0 bridgehead atoms. The molecule has 0 fully saturated rings. The zero-order valence-electron chi connectivity index (χ0n) is 16.5. The third kappa shape index (κ3) is 4.13. The largest absolute Gasteiger partial charge is 0.461 e. The molecule has 4 rings (SSSR count). The van der Waals surface area contributed by atoms with Gasteiger partial charge in [0, 0.05) is 10.6 Å². The van der Waals surface area contributed by atoms with Gasteiger partial charge in [-0.25, -0.2) is 23.5 Å². The van der Waals surface area contributed by atoms with E-state index in [0.29, 0.717) is 27.8 Å². The summed E-state index contributed by atoms with van der Waals surface area (Å²) in [6.07, 6.45) is 1.75. The number of aromatic nitrogens is 5. The number of para-hydroxylation sites is 1. The number of esters is 1. The van der Waals surface area contributed by atoms with E-state index in [0.717, 1.165) is 0 Å². The second-order valence-electron chi connectivity index (χ2n) is 6.61. The number of rotatable bonds is 6. The summed E-state index contributed by atoms with van der Waals surface area (Å²) in [6, 6.07) is 13.1. The summed E-state index contributed by atoms with van der Waals surface area (Å²) in [5.74, 6) is 5.56. The van der Waals surface area contributed by atoms with Crippen LogP contribution in [0.5, 0.6) is 0 Å². The van der Waals surface area contributed by atoms with Crippen molar-refractivity contribution in [3.63, 3.8) is 0 Å². The van der Waals surface area contributed by atoms with Gasteiger partial charge in [0.25, 0.3) is 0 Å². The molecular weight excluding hydrogens is 423 g/mol. The average Bonchev–Trinajstić information content (AvgIpc) is 3.34. The van der Waals surface area contributed by atoms with Crippen LogP contribution in [0.15, 0.2) is 54.7 Å². The number of nitrogens with two attached hydrogens (primary N) is 1. The first-order valence-electron chi connectivity index (χ1n) is 9.43. The summed E-state index contributed by atoms with van der Waals surface area (Å²) in [7, 11) is 0. The fourth-order valence-corrected chi connectivity index (χ4v) is 3.23. The van der Waals surface area contributed by atoms with Gasteiger partial charge in [0.15, 0.2) is 5.69 Å². The van der Waals surface area contributed by atoms with Gasteiger partial charge in [-0.2, -0.15) is 0 Å². The summed E-state index contributed by atoms with van der Waals surface area (Å²) >= 11 is 5.97. The second-order valence-corrected chi connectivity index (χ2v) is 7.04. The number of hydrogen-bond donors (Lipinski definition) is 1. The zero-order chi connectivity index (χ0) is 22.0. The highest BCUT2D eigenvalue weighted by Gasteiger charge is 2.25. The normalized spacial score (nSPS) is 10.9. The Bertz CT molecular complexity index is 1240. The van der Waals surface area contributed by atoms with E-state index in [9.17, 15) is 9.18 Å². The van der Waals surface area contributed by atoms with Crippen molar-refractivity contribution >= 4 is 17.6 Å². The molecule has 158 valence electrons. The number of ether oxygens (including phenoxy) is 1. The molecule has 2 aromatic carbocycles. The molecule has 2 N–H and O–H groups in total. The van der Waals surface area contributed by atoms with Crippen LogP contribution in [0.25, 0.3) is 16.9 Å². The summed E-state index contributed by atoms with van der Waals surface area (Å²) in [5, 5.41) is 8.61. The quantitative estimate of drug-likeness (QED) is 0.364. The lowest BCUT2D eigenvalue weighted by molar-refractivity contribution is 0.0517. The molecule has 8 nitrogen and oxygen atoms in total. The molecule has 0 aliphatic rings. The van der Waals surface area contributed by atoms with E-state index in [-0.39, 0.29) is 24.4 Å². The third-order valence-electron chi connectivity index (χ3n) is 4.55. The van der Waals surface area contributed by atoms with E-state index < -0.39 is 11.8 Å². The smallest absolute Gasteiger partial charge is 0.359 e. The molecule has 0 unspecified atom stereocenters. The summed E-state index contributed by atoms with van der Waals surface area (Å²) in [6.45, 7) is 1.90. The van der Waals surface area contributed by atoms with Crippen LogP contribution in [0, 0.1) is 5.82 Å². The number of imidazole rings is 1. The molecule has 2 heterocycles. The maximum atomic E-state index is 14.0. The van der Waals surface area contributed by atoms with Crippen LogP contribution in [0.4, 0.5) is 4.39 Å². The van der Waals surface area contributed by atoms with Gasteiger partial charge in [0.1, 0.15) is 23.0 Å². The Hall–Kier alpha value is -3.72. The number of carbonyl (C=O) groups is 1. The Balaban J connectivity index is 1.71. The number of carbonyl (C=O) groups excluding carboxylic acids is 1. The Kier molecular flexibility index (Phi) is 5.68. The van der Waals surface area contributed by atoms with E-state index in [1.807, 2.05) is 0 Å². The predicted molar refractivity (Wildman–Crippen MR) is 113 cm³/mol. The van der Waals surface area contributed by atoms with Crippen molar-refractivity contribution in [2.75, 3.05) is 12.4 Å². The minimum absolute atomic E-state index is 0.112. The monoisotopic (exact) mass is 440 g/mol. The van der Waals surface area contributed by atoms with E-state index in [2.05, 4.69) is 15.3 Å². The Labute approximate surface area is 182 Å². The molecule has 0 amide bonds. The van der Waals surface area contributed by atoms with Crippen LogP contribution in [-0.2, 0) is 11.2 Å². The maximum absolute atomic E-state index is 14.0. The highest BCUT2D eigenvalue weighted by Crippen LogP contribution is 2.26. The van der Waals surface area contributed by atoms with Crippen LogP contribution in [0.2, 0.25) is 5.02 Å². The summed E-state index contributed by atoms with van der Waals surface area (Å²) < 4.78 is 21.7. The number of nitrogens with zero attached hydrogens (tertiary/aromatic N) is 5. The number of halogens is 2. The molecule has 0 aliphatic carbocycles. The zero-order valence-corrected chi connectivity index (χ0v) is 17.3. The molecule has 0 radical (unpaired) electrons. The molecule has 0 aliphatic heterocycles. The van der Waals surface area contributed by atoms with E-state index in [1.54, 1.807) is 55.6 Å². The fourth-order valence-electron chi connectivity index (χ4n) is 3.10. The van der Waals surface area contributed by atoms with Gasteiger partial charge < -0.3 is 10.6 Å². The van der Waals surface area contributed by atoms with Crippen molar-refractivity contribution in [3.8, 4) is 16.9 Å². The first kappa shape index (κ1) is 20.5. The Morgan fingerprint density at radius 2 is 1.94 bits per heavy atom. The first-order chi connectivity index (χ1) is 15.0. The average molecular weight is 441 g/mol. The summed E-state index contributed by atoms with van der Waals surface area (Å²) in [5.41, 5.74) is 1.91. The third-order valence-corrected chi connectivity index (χ3v) is 4.80. The Morgan fingerprint density at radius 3 is 2.65 bits per heavy atom. The Morgan fingerprint density at radius 1 is 1.19 bits per heavy atom. The standard InChI is InChI=1S/C21H18ClFN6O2/c1-2-31-21(30)20-19(13-7-9-14(22)10-8-13)25-18(29(20)24)11-15-12-28(27-26-15)17-6-4-3-5-16(17)23/h3-10,12H,2,11,24H2,1H3. The number of nitrogen functional groups attached to an aromatic ring is 1. The topological polar surface area (TPSA) is 101 Å². The van der Waals surface area contributed by atoms with Crippen molar-refractivity contribution in [2.45, 2.75) is 13.3 Å². The van der Waals surface area contributed by atoms with Gasteiger partial charge in [0.2, 0.25) is 0 Å². The number of hydrogen-bond acceptors (Lipinski definition) is 6. The van der Waals surface area contributed by atoms with Crippen LogP contribution in [0.3, 0.4) is 0 Å². The van der Waals surface area contributed by atoms with Gasteiger partial charge in [0.05, 0.1) is 24.9 Å². The lowest BCUT2D eigenvalue weighted by atomic mass is 10.1. The SMILES string of the molecule is CCOC(=O)c1c(-c2ccc(Cl)cc2)nc(Cc2cn(-c3ccccc3F)nn2)n1N. The summed E-state index contributed by atoms with van der Waals surface area (Å²) in [4.78, 5) is 17.1. The highest BCUT2D eigenvalue weighted by molar-refractivity contribution is 6.30. The van der Waals surface area contributed by atoms with Crippen LogP contribution < -0.4 is 5.84 Å². The highest BCUT2D eigenvalue weighted by atomic mass is 35.5. The van der Waals surface area contributed by atoms with Gasteiger partial charge in [-0.3, -0.25) is 0 Å². The van der Waals surface area contributed by atoms with Crippen molar-refractivity contribution < 1.29 is 13.9 Å². The van der Waals surface area contributed by atoms with Crippen LogP contribution in [-0.4, -0.2) is 37.2 Å². The molecule has 2 aromatic heterocycles. The molecule has 10 heteroatoms. The van der Waals surface area contributed by atoms with E-state index >= 15 is 0 Å². The van der Waals surface area contributed by atoms with Crippen LogP contribution >= 0.6 is 11.6 Å². The van der Waals surface area contributed by atoms with Crippen molar-refractivity contribution in [2.24, 2.45) is 0 Å². The minimum atomic E-state index is -0.594. The second kappa shape index (κ2) is 8.57. The molecule has 0 saturated heterocycles. The van der Waals surface area contributed by atoms with Gasteiger partial charge in [-0.1, -0.05) is 41.1 Å². The van der Waals surface area contributed by atoms with Crippen LogP contribution in [0.1, 0.15) is 28.9 Å². The van der Waals surface area contributed by atoms with Crippen molar-refractivity contribution in [1.82, 2.24) is 24.7 Å². The molecule has 0 spiro atoms. The molecule has 31 heavy (non-hydrogen) atoms. The molecular formula is C21H18ClFN6O2. The predicted octanol–water partition coefficient (Wildman–Crippen LogP) is 3.40. The molecule has 4 aromatic rings. The minimum Gasteiger partial charge on any atom is -0.461 e. The first-order valence-corrected chi connectivity index (χ1v) is 9.81. The molecule has 0 saturated carbocycles. The molecule has 0 atom stereocenters. The lowest BCUT2D eigenvalue weighted by Gasteiger charge is -2.06. The van der Waals surface area contributed by atoms with E-state index in [1.165, 1.54) is 15.4 Å². The van der Waals surface area contributed by atoms with Gasteiger partial charge in [-0.15, -0.1) is 5.10 Å². The maximum Gasteiger partial charge on any atom is 0.359 e. The van der Waals surface area contributed by atoms with Crippen molar-refractivity contribution in [1.29, 1.82) is 0 Å². The van der Waals surface area contributed by atoms with E-state index in [4.69, 9.17) is 22.2 Å². The van der Waals surface area contributed by atoms with Crippen molar-refractivity contribution in [3.05, 3.63) is 82.8 Å². The fraction of sp³-hybridized carbons (Fsp3) is 0.143. The van der Waals surface area contributed by atoms with Gasteiger partial charge >= 0.3 is 5.97 Å². The lowest BCUT2D eigenvalue weighted by Crippen LogP contribution is -2.21. The van der Waals surface area contributed by atoms with Gasteiger partial charge in [-0.05, 0) is 31.2 Å². The number of benzene rings is 2.